The number of hydrogen-bond donors (Lipinski definition) is 0. The summed E-state index contributed by atoms with van der Waals surface area (Å²) in [6.45, 7) is 0. The Hall–Kier alpha value is -1.11. The van der Waals surface area contributed by atoms with Gasteiger partial charge >= 0.3 is 0 Å². The van der Waals surface area contributed by atoms with Crippen LogP contribution in [-0.2, 0) is 0 Å². The molecule has 0 atom stereocenters. The highest BCUT2D eigenvalue weighted by Crippen LogP contribution is 2.18. The maximum Gasteiger partial charge on any atom is 0.245 e. The molecule has 0 aromatic heterocycles. The van der Waals surface area contributed by atoms with Crippen molar-refractivity contribution in [2.45, 2.75) is 12.8 Å². The Kier molecular flexibility index (Phi) is 1.28. The fourth-order valence-corrected chi connectivity index (χ4v) is 1.26. The molecule has 0 N–H and O–H groups in total. The Morgan fingerprint density at radius 1 is 1.30 bits per heavy atom. The van der Waals surface area contributed by atoms with Gasteiger partial charge in [0, 0.05) is 11.6 Å². The van der Waals surface area contributed by atoms with Crippen LogP contribution in [0, 0.1) is 0 Å². The van der Waals surface area contributed by atoms with Crippen LogP contribution in [0.3, 0.4) is 0 Å². The maximum absolute atomic E-state index is 4.06. The molecule has 2 aliphatic rings. The molecule has 2 rings (SSSR count). The summed E-state index contributed by atoms with van der Waals surface area (Å²) in [5.74, 6) is 0. The summed E-state index contributed by atoms with van der Waals surface area (Å²) in [4.78, 5) is 4.06. The van der Waals surface area contributed by atoms with Gasteiger partial charge < -0.3 is 0 Å². The second-order valence-corrected chi connectivity index (χ2v) is 2.52. The molecule has 0 saturated heterocycles. The Morgan fingerprint density at radius 2 is 2.30 bits per heavy atom. The van der Waals surface area contributed by atoms with E-state index in [1.165, 1.54) is 17.6 Å². The van der Waals surface area contributed by atoms with Gasteiger partial charge in [0.15, 0.2) is 0 Å². The van der Waals surface area contributed by atoms with E-state index in [4.69, 9.17) is 0 Å². The van der Waals surface area contributed by atoms with E-state index in [-0.39, 0.29) is 0 Å². The number of aliphatic imine (C=N–C) groups is 1. The molecule has 0 saturated carbocycles. The quantitative estimate of drug-likeness (QED) is 0.473. The van der Waals surface area contributed by atoms with Crippen molar-refractivity contribution in [1.29, 1.82) is 0 Å². The highest BCUT2D eigenvalue weighted by Gasteiger charge is 2.10. The van der Waals surface area contributed by atoms with Gasteiger partial charge in [-0.25, -0.2) is 0 Å². The molecule has 0 aromatic carbocycles. The topological polar surface area (TPSA) is 14.1 Å². The van der Waals surface area contributed by atoms with E-state index in [1.807, 2.05) is 12.4 Å². The van der Waals surface area contributed by atoms with Crippen molar-refractivity contribution in [3.63, 3.8) is 0 Å². The maximum atomic E-state index is 4.06. The summed E-state index contributed by atoms with van der Waals surface area (Å²) >= 11 is 0. The molecule has 10 heavy (non-hydrogen) atoms. The van der Waals surface area contributed by atoms with Crippen molar-refractivity contribution < 1.29 is 0 Å². The lowest BCUT2D eigenvalue weighted by atomic mass is 9.97. The third-order valence-electron chi connectivity index (χ3n) is 1.82. The normalized spacial score (nSPS) is 21.6. The lowest BCUT2D eigenvalue weighted by Crippen LogP contribution is -2.01. The zero-order valence-electron chi connectivity index (χ0n) is 5.75. The van der Waals surface area contributed by atoms with Gasteiger partial charge in [0.2, 0.25) is 12.4 Å². The van der Waals surface area contributed by atoms with E-state index in [2.05, 4.69) is 23.2 Å². The molecule has 0 amide bonds. The summed E-state index contributed by atoms with van der Waals surface area (Å²) in [6.07, 6.45) is 12.6. The predicted molar refractivity (Wildman–Crippen MR) is 42.7 cm³/mol. The number of nitrogens with zero attached hydrogens (tertiary/aromatic N) is 1. The van der Waals surface area contributed by atoms with E-state index < -0.39 is 0 Å². The lowest BCUT2D eigenvalue weighted by Gasteiger charge is -2.05. The molecule has 0 spiro atoms. The second-order valence-electron chi connectivity index (χ2n) is 2.52. The Balaban J connectivity index is 2.43. The Morgan fingerprint density at radius 3 is 3.20 bits per heavy atom. The molecule has 49 valence electrons. The minimum absolute atomic E-state index is 1.15. The Bertz CT molecular complexity index is 254. The van der Waals surface area contributed by atoms with Crippen LogP contribution in [0.15, 0.2) is 35.6 Å². The first kappa shape index (κ1) is 5.66. The average molecular weight is 131 g/mol. The van der Waals surface area contributed by atoms with Crippen LogP contribution in [0.25, 0.3) is 0 Å². The van der Waals surface area contributed by atoms with Gasteiger partial charge in [0.1, 0.15) is 0 Å². The SMILES string of the molecule is C1=CC2=C(C=[N+]C=C2)CC1. The fourth-order valence-electron chi connectivity index (χ4n) is 1.26. The second kappa shape index (κ2) is 2.25. The van der Waals surface area contributed by atoms with Crippen molar-refractivity contribution in [3.8, 4) is 0 Å². The minimum atomic E-state index is 1.15. The molecule has 1 nitrogen and oxygen atoms in total. The molecule has 1 radical (unpaired) electrons. The van der Waals surface area contributed by atoms with E-state index in [0.717, 1.165) is 6.42 Å². The molecule has 1 heterocycles. The molecule has 0 fully saturated rings. The predicted octanol–water partition coefficient (Wildman–Crippen LogP) is 1.57. The van der Waals surface area contributed by atoms with Crippen LogP contribution < -0.4 is 4.99 Å². The smallest absolute Gasteiger partial charge is 0.0836 e. The van der Waals surface area contributed by atoms with E-state index >= 15 is 0 Å². The molecule has 0 aromatic rings. The molecule has 1 aliphatic carbocycles. The first-order chi connectivity index (χ1) is 4.97. The standard InChI is InChI=1S/C9H9N/c1-2-4-9-7-10-6-5-8(9)3-1/h1,3,5-7H,2,4H2/q+1. The molecule has 1 heteroatoms. The summed E-state index contributed by atoms with van der Waals surface area (Å²) in [5.41, 5.74) is 2.71. The number of allylic oxidation sites excluding steroid dienone is 5. The van der Waals surface area contributed by atoms with E-state index in [1.54, 1.807) is 0 Å². The first-order valence-corrected chi connectivity index (χ1v) is 3.56. The van der Waals surface area contributed by atoms with Gasteiger partial charge in [-0.2, -0.15) is 0 Å². The monoisotopic (exact) mass is 131 g/mol. The van der Waals surface area contributed by atoms with Crippen LogP contribution in [0.5, 0.6) is 0 Å². The van der Waals surface area contributed by atoms with Crippen molar-refractivity contribution in [2.24, 2.45) is 0 Å². The summed E-state index contributed by atoms with van der Waals surface area (Å²) in [6, 6.07) is 0. The molecular formula is C9H9N+. The van der Waals surface area contributed by atoms with Crippen molar-refractivity contribution in [2.75, 3.05) is 0 Å². The summed E-state index contributed by atoms with van der Waals surface area (Å²) < 4.78 is 0. The van der Waals surface area contributed by atoms with Crippen LogP contribution >= 0.6 is 0 Å². The van der Waals surface area contributed by atoms with Gasteiger partial charge in [0.05, 0.1) is 4.99 Å². The third-order valence-corrected chi connectivity index (χ3v) is 1.82. The Labute approximate surface area is 60.5 Å². The number of rotatable bonds is 0. The van der Waals surface area contributed by atoms with Crippen LogP contribution in [0.1, 0.15) is 12.8 Å². The van der Waals surface area contributed by atoms with Crippen molar-refractivity contribution in [3.05, 3.63) is 35.6 Å². The highest BCUT2D eigenvalue weighted by molar-refractivity contribution is 5.82. The van der Waals surface area contributed by atoms with Gasteiger partial charge in [-0.05, 0) is 18.4 Å². The van der Waals surface area contributed by atoms with Crippen molar-refractivity contribution in [1.82, 2.24) is 4.99 Å². The highest BCUT2D eigenvalue weighted by atomic mass is 14.7. The minimum Gasteiger partial charge on any atom is -0.0836 e. The van der Waals surface area contributed by atoms with Gasteiger partial charge in [0.25, 0.3) is 0 Å². The van der Waals surface area contributed by atoms with Gasteiger partial charge in [-0.3, -0.25) is 0 Å². The molecule has 0 bridgehead atoms. The van der Waals surface area contributed by atoms with Crippen LogP contribution in [-0.4, -0.2) is 6.21 Å². The van der Waals surface area contributed by atoms with Crippen LogP contribution in [0.4, 0.5) is 0 Å². The largest absolute Gasteiger partial charge is 0.245 e. The number of hydrogen-bond acceptors (Lipinski definition) is 1. The fraction of sp³-hybridized carbons (Fsp3) is 0.222. The van der Waals surface area contributed by atoms with E-state index in [9.17, 15) is 0 Å². The van der Waals surface area contributed by atoms with Crippen LogP contribution in [0.2, 0.25) is 0 Å². The average Bonchev–Trinajstić information content (AvgIpc) is 2.05. The first-order valence-electron chi connectivity index (χ1n) is 3.56. The zero-order valence-corrected chi connectivity index (χ0v) is 5.75. The van der Waals surface area contributed by atoms with Gasteiger partial charge in [-0.15, -0.1) is 0 Å². The van der Waals surface area contributed by atoms with Gasteiger partial charge in [-0.1, -0.05) is 12.2 Å². The lowest BCUT2D eigenvalue weighted by molar-refractivity contribution is 0.989. The molecule has 1 aliphatic heterocycles. The molecular weight excluding hydrogens is 122 g/mol. The third kappa shape index (κ3) is 0.838. The van der Waals surface area contributed by atoms with Crippen molar-refractivity contribution >= 4 is 6.21 Å². The summed E-state index contributed by atoms with van der Waals surface area (Å²) in [5, 5.41) is 0. The zero-order chi connectivity index (χ0) is 6.81. The summed E-state index contributed by atoms with van der Waals surface area (Å²) in [7, 11) is 0. The molecule has 0 unspecified atom stereocenters. The van der Waals surface area contributed by atoms with E-state index in [0.29, 0.717) is 0 Å².